The van der Waals surface area contributed by atoms with Crippen LogP contribution in [0.15, 0.2) is 12.1 Å². The number of carbonyl (C=O) groups is 2. The van der Waals surface area contributed by atoms with Crippen LogP contribution in [0.2, 0.25) is 0 Å². The summed E-state index contributed by atoms with van der Waals surface area (Å²) in [5.41, 5.74) is -0.884. The summed E-state index contributed by atoms with van der Waals surface area (Å²) in [5.74, 6) is -4.63. The Labute approximate surface area is 109 Å². The fourth-order valence-electron chi connectivity index (χ4n) is 1.80. The third-order valence-corrected chi connectivity index (χ3v) is 2.75. The summed E-state index contributed by atoms with van der Waals surface area (Å²) in [5, 5.41) is 8.96. The van der Waals surface area contributed by atoms with Crippen LogP contribution in [0.1, 0.15) is 41.5 Å². The molecule has 0 radical (unpaired) electrons. The predicted molar refractivity (Wildman–Crippen MR) is 65.2 cm³/mol. The van der Waals surface area contributed by atoms with Gasteiger partial charge in [0.1, 0.15) is 0 Å². The van der Waals surface area contributed by atoms with E-state index in [0.717, 1.165) is 0 Å². The predicted octanol–water partition coefficient (Wildman–Crippen LogP) is 2.53. The minimum atomic E-state index is -1.47. The van der Waals surface area contributed by atoms with Crippen molar-refractivity contribution in [3.8, 4) is 0 Å². The third kappa shape index (κ3) is 3.07. The van der Waals surface area contributed by atoms with Crippen molar-refractivity contribution in [2.75, 3.05) is 6.54 Å². The van der Waals surface area contributed by atoms with Crippen molar-refractivity contribution < 1.29 is 23.5 Å². The molecule has 0 heterocycles. The molecule has 0 spiro atoms. The summed E-state index contributed by atoms with van der Waals surface area (Å²) < 4.78 is 26.3. The van der Waals surface area contributed by atoms with Gasteiger partial charge in [-0.25, -0.2) is 13.6 Å². The summed E-state index contributed by atoms with van der Waals surface area (Å²) in [6.07, 6.45) is 0. The molecular formula is C13H15F2NO3. The van der Waals surface area contributed by atoms with Crippen molar-refractivity contribution >= 4 is 11.9 Å². The maximum atomic E-state index is 13.2. The van der Waals surface area contributed by atoms with Gasteiger partial charge in [0, 0.05) is 12.6 Å². The van der Waals surface area contributed by atoms with E-state index in [2.05, 4.69) is 0 Å². The second-order valence-electron chi connectivity index (χ2n) is 4.30. The summed E-state index contributed by atoms with van der Waals surface area (Å²) in [6.45, 7) is 5.57. The maximum absolute atomic E-state index is 13.2. The van der Waals surface area contributed by atoms with Crippen molar-refractivity contribution in [2.45, 2.75) is 26.8 Å². The Morgan fingerprint density at radius 2 is 1.68 bits per heavy atom. The molecule has 0 saturated heterocycles. The number of hydrogen-bond donors (Lipinski definition) is 1. The maximum Gasteiger partial charge on any atom is 0.336 e. The Kier molecular flexibility index (Phi) is 4.58. The molecule has 0 unspecified atom stereocenters. The van der Waals surface area contributed by atoms with Gasteiger partial charge < -0.3 is 10.0 Å². The van der Waals surface area contributed by atoms with Gasteiger partial charge in [0.25, 0.3) is 5.91 Å². The normalized spacial score (nSPS) is 10.6. The van der Waals surface area contributed by atoms with E-state index in [4.69, 9.17) is 5.11 Å². The Hall–Kier alpha value is -1.98. The van der Waals surface area contributed by atoms with Crippen LogP contribution in [-0.2, 0) is 0 Å². The number of amides is 1. The van der Waals surface area contributed by atoms with Gasteiger partial charge in [-0.1, -0.05) is 0 Å². The van der Waals surface area contributed by atoms with Gasteiger partial charge in [-0.3, -0.25) is 4.79 Å². The zero-order valence-electron chi connectivity index (χ0n) is 10.9. The largest absolute Gasteiger partial charge is 0.478 e. The molecule has 4 nitrogen and oxygen atoms in total. The van der Waals surface area contributed by atoms with E-state index in [1.165, 1.54) is 4.90 Å². The average Bonchev–Trinajstić information content (AvgIpc) is 2.31. The highest BCUT2D eigenvalue weighted by Crippen LogP contribution is 2.18. The lowest BCUT2D eigenvalue weighted by molar-refractivity contribution is 0.0661. The standard InChI is InChI=1S/C13H15F2NO3/c1-4-16(7(2)3)12(17)8-5-10(14)11(15)6-9(8)13(18)19/h5-7H,4H2,1-3H3,(H,18,19). The molecule has 6 heteroatoms. The zero-order valence-corrected chi connectivity index (χ0v) is 10.9. The lowest BCUT2D eigenvalue weighted by Crippen LogP contribution is -2.37. The monoisotopic (exact) mass is 271 g/mol. The molecule has 1 amide bonds. The Morgan fingerprint density at radius 1 is 1.21 bits per heavy atom. The van der Waals surface area contributed by atoms with Crippen molar-refractivity contribution in [1.82, 2.24) is 4.90 Å². The minimum Gasteiger partial charge on any atom is -0.478 e. The second kappa shape index (κ2) is 5.77. The topological polar surface area (TPSA) is 57.6 Å². The van der Waals surface area contributed by atoms with Crippen LogP contribution >= 0.6 is 0 Å². The number of hydrogen-bond acceptors (Lipinski definition) is 2. The number of halogens is 2. The number of benzene rings is 1. The van der Waals surface area contributed by atoms with E-state index in [1.807, 2.05) is 0 Å². The number of aromatic carboxylic acids is 1. The van der Waals surface area contributed by atoms with Gasteiger partial charge in [0.15, 0.2) is 11.6 Å². The van der Waals surface area contributed by atoms with Crippen molar-refractivity contribution in [3.63, 3.8) is 0 Å². The number of nitrogens with zero attached hydrogens (tertiary/aromatic N) is 1. The molecule has 1 aromatic carbocycles. The number of rotatable bonds is 4. The third-order valence-electron chi connectivity index (χ3n) is 2.75. The molecule has 1 N–H and O–H groups in total. The number of carboxylic acids is 1. The molecule has 0 aliphatic heterocycles. The van der Waals surface area contributed by atoms with Crippen LogP contribution in [0.5, 0.6) is 0 Å². The summed E-state index contributed by atoms with van der Waals surface area (Å²) in [6, 6.07) is 0.984. The highest BCUT2D eigenvalue weighted by Gasteiger charge is 2.25. The zero-order chi connectivity index (χ0) is 14.7. The smallest absolute Gasteiger partial charge is 0.336 e. The Balaban J connectivity index is 3.36. The molecule has 0 bridgehead atoms. The summed E-state index contributed by atoms with van der Waals surface area (Å²) in [7, 11) is 0. The molecule has 0 saturated carbocycles. The van der Waals surface area contributed by atoms with Crippen LogP contribution in [0.3, 0.4) is 0 Å². The number of carbonyl (C=O) groups excluding carboxylic acids is 1. The molecule has 0 aliphatic carbocycles. The van der Waals surface area contributed by atoms with Gasteiger partial charge in [-0.05, 0) is 32.9 Å². The molecule has 19 heavy (non-hydrogen) atoms. The summed E-state index contributed by atoms with van der Waals surface area (Å²) >= 11 is 0. The van der Waals surface area contributed by atoms with Crippen molar-refractivity contribution in [3.05, 3.63) is 34.9 Å². The lowest BCUT2D eigenvalue weighted by atomic mass is 10.0. The molecule has 0 aromatic heterocycles. The van der Waals surface area contributed by atoms with E-state index in [-0.39, 0.29) is 11.6 Å². The fourth-order valence-corrected chi connectivity index (χ4v) is 1.80. The fraction of sp³-hybridized carbons (Fsp3) is 0.385. The quantitative estimate of drug-likeness (QED) is 0.915. The lowest BCUT2D eigenvalue weighted by Gasteiger charge is -2.25. The van der Waals surface area contributed by atoms with Crippen LogP contribution in [0.25, 0.3) is 0 Å². The van der Waals surface area contributed by atoms with Crippen molar-refractivity contribution in [1.29, 1.82) is 0 Å². The Bertz CT molecular complexity index is 515. The molecule has 104 valence electrons. The summed E-state index contributed by atoms with van der Waals surface area (Å²) in [4.78, 5) is 24.6. The van der Waals surface area contributed by atoms with E-state index in [0.29, 0.717) is 18.7 Å². The van der Waals surface area contributed by atoms with E-state index in [9.17, 15) is 18.4 Å². The van der Waals surface area contributed by atoms with E-state index >= 15 is 0 Å². The van der Waals surface area contributed by atoms with E-state index in [1.54, 1.807) is 20.8 Å². The first kappa shape index (κ1) is 15.1. The van der Waals surface area contributed by atoms with Gasteiger partial charge in [0.2, 0.25) is 0 Å². The SMILES string of the molecule is CCN(C(=O)c1cc(F)c(F)cc1C(=O)O)C(C)C. The van der Waals surface area contributed by atoms with Crippen molar-refractivity contribution in [2.24, 2.45) is 0 Å². The molecule has 1 rings (SSSR count). The van der Waals surface area contributed by atoms with Gasteiger partial charge in [0.05, 0.1) is 11.1 Å². The van der Waals surface area contributed by atoms with Gasteiger partial charge in [-0.2, -0.15) is 0 Å². The Morgan fingerprint density at radius 3 is 2.05 bits per heavy atom. The second-order valence-corrected chi connectivity index (χ2v) is 4.30. The van der Waals surface area contributed by atoms with Crippen LogP contribution in [-0.4, -0.2) is 34.5 Å². The molecule has 1 aromatic rings. The molecular weight excluding hydrogens is 256 g/mol. The van der Waals surface area contributed by atoms with E-state index < -0.39 is 29.1 Å². The number of carboxylic acid groups (broad SMARTS) is 1. The average molecular weight is 271 g/mol. The highest BCUT2D eigenvalue weighted by atomic mass is 19.2. The first-order valence-corrected chi connectivity index (χ1v) is 5.82. The molecule has 0 fully saturated rings. The van der Waals surface area contributed by atoms with Crippen LogP contribution in [0.4, 0.5) is 8.78 Å². The highest BCUT2D eigenvalue weighted by molar-refractivity contribution is 6.04. The molecule has 0 atom stereocenters. The molecule has 0 aliphatic rings. The first-order chi connectivity index (χ1) is 8.79. The van der Waals surface area contributed by atoms with Gasteiger partial charge >= 0.3 is 5.97 Å². The van der Waals surface area contributed by atoms with Crippen LogP contribution < -0.4 is 0 Å². The first-order valence-electron chi connectivity index (χ1n) is 5.82. The van der Waals surface area contributed by atoms with Crippen LogP contribution in [0, 0.1) is 11.6 Å². The minimum absolute atomic E-state index is 0.174. The van der Waals surface area contributed by atoms with Gasteiger partial charge in [-0.15, -0.1) is 0 Å².